The molecule has 0 aliphatic heterocycles. The Morgan fingerprint density at radius 3 is 2.63 bits per heavy atom. The second-order valence-electron chi connectivity index (χ2n) is 4.42. The van der Waals surface area contributed by atoms with Gasteiger partial charge in [0.05, 0.1) is 12.7 Å². The van der Waals surface area contributed by atoms with Gasteiger partial charge in [-0.05, 0) is 19.4 Å². The molecule has 0 aromatic carbocycles. The molecule has 1 aromatic rings. The molecule has 108 valence electrons. The summed E-state index contributed by atoms with van der Waals surface area (Å²) in [5.41, 5.74) is 0.844. The van der Waals surface area contributed by atoms with E-state index in [9.17, 15) is 5.11 Å². The minimum absolute atomic E-state index is 0.531. The summed E-state index contributed by atoms with van der Waals surface area (Å²) < 4.78 is 10.2. The Kier molecular flexibility index (Phi) is 7.40. The average molecular weight is 268 g/mol. The summed E-state index contributed by atoms with van der Waals surface area (Å²) in [5, 5.41) is 9.83. The van der Waals surface area contributed by atoms with Gasteiger partial charge in [0.25, 0.3) is 0 Å². The number of pyridine rings is 1. The number of methoxy groups -OCH3 is 2. The maximum absolute atomic E-state index is 9.83. The first kappa shape index (κ1) is 15.9. The molecule has 0 saturated carbocycles. The highest BCUT2D eigenvalue weighted by atomic mass is 16.5. The zero-order valence-corrected chi connectivity index (χ0v) is 12.0. The molecule has 1 atom stereocenters. The van der Waals surface area contributed by atoms with Crippen LogP contribution in [-0.2, 0) is 9.47 Å². The van der Waals surface area contributed by atoms with Gasteiger partial charge in [0, 0.05) is 45.7 Å². The van der Waals surface area contributed by atoms with Gasteiger partial charge in [-0.3, -0.25) is 0 Å². The highest BCUT2D eigenvalue weighted by Gasteiger charge is 2.15. The third kappa shape index (κ3) is 5.14. The van der Waals surface area contributed by atoms with E-state index in [1.165, 1.54) is 0 Å². The lowest BCUT2D eigenvalue weighted by molar-refractivity contribution is 0.189. The number of aromatic nitrogens is 1. The maximum atomic E-state index is 9.83. The normalized spacial score (nSPS) is 12.4. The molecule has 5 nitrogen and oxygen atoms in total. The van der Waals surface area contributed by atoms with Crippen LogP contribution in [0.2, 0.25) is 0 Å². The molecule has 0 fully saturated rings. The van der Waals surface area contributed by atoms with Gasteiger partial charge in [0.15, 0.2) is 0 Å². The van der Waals surface area contributed by atoms with Crippen molar-refractivity contribution in [1.82, 2.24) is 4.98 Å². The molecular formula is C14H24N2O3. The molecule has 0 saturated heterocycles. The van der Waals surface area contributed by atoms with E-state index in [-0.39, 0.29) is 0 Å². The number of rotatable bonds is 9. The first-order chi connectivity index (χ1) is 9.20. The van der Waals surface area contributed by atoms with Crippen LogP contribution in [0.4, 0.5) is 5.82 Å². The van der Waals surface area contributed by atoms with E-state index in [2.05, 4.69) is 9.88 Å². The number of hydrogen-bond acceptors (Lipinski definition) is 5. The summed E-state index contributed by atoms with van der Waals surface area (Å²) >= 11 is 0. The summed E-state index contributed by atoms with van der Waals surface area (Å²) in [6.45, 7) is 4.66. The topological polar surface area (TPSA) is 54.8 Å². The van der Waals surface area contributed by atoms with E-state index in [1.54, 1.807) is 27.3 Å². The molecule has 0 amide bonds. The van der Waals surface area contributed by atoms with E-state index < -0.39 is 6.10 Å². The summed E-state index contributed by atoms with van der Waals surface area (Å²) in [5.74, 6) is 0.825. The zero-order valence-electron chi connectivity index (χ0n) is 12.0. The van der Waals surface area contributed by atoms with Gasteiger partial charge in [-0.15, -0.1) is 0 Å². The van der Waals surface area contributed by atoms with Crippen molar-refractivity contribution in [2.45, 2.75) is 19.4 Å². The lowest BCUT2D eigenvalue weighted by Gasteiger charge is -2.26. The average Bonchev–Trinajstić information content (AvgIpc) is 2.42. The lowest BCUT2D eigenvalue weighted by atomic mass is 10.1. The quantitative estimate of drug-likeness (QED) is 0.690. The summed E-state index contributed by atoms with van der Waals surface area (Å²) in [4.78, 5) is 6.53. The monoisotopic (exact) mass is 268 g/mol. The second-order valence-corrected chi connectivity index (χ2v) is 4.42. The largest absolute Gasteiger partial charge is 0.389 e. The zero-order chi connectivity index (χ0) is 14.1. The molecular weight excluding hydrogens is 244 g/mol. The van der Waals surface area contributed by atoms with Gasteiger partial charge < -0.3 is 19.5 Å². The van der Waals surface area contributed by atoms with Crippen molar-refractivity contribution in [3.05, 3.63) is 23.9 Å². The van der Waals surface area contributed by atoms with Crippen molar-refractivity contribution in [1.29, 1.82) is 0 Å². The predicted molar refractivity (Wildman–Crippen MR) is 75.5 cm³/mol. The van der Waals surface area contributed by atoms with Crippen LogP contribution in [0.25, 0.3) is 0 Å². The molecule has 5 heteroatoms. The Bertz CT molecular complexity index is 358. The number of aliphatic hydroxyl groups excluding tert-OH is 1. The summed E-state index contributed by atoms with van der Waals surface area (Å²) in [6.07, 6.45) is 2.13. The fraction of sp³-hybridized carbons (Fsp3) is 0.643. The van der Waals surface area contributed by atoms with Gasteiger partial charge in [0.1, 0.15) is 5.82 Å². The first-order valence-corrected chi connectivity index (χ1v) is 6.56. The Hall–Kier alpha value is -1.17. The Labute approximate surface area is 115 Å². The molecule has 1 heterocycles. The van der Waals surface area contributed by atoms with Gasteiger partial charge in [-0.1, -0.05) is 6.07 Å². The molecule has 0 radical (unpaired) electrons. The SMILES string of the molecule is COCCCN(CCOC)c1ncccc1C(C)O. The predicted octanol–water partition coefficient (Wildman–Crippen LogP) is 1.62. The lowest BCUT2D eigenvalue weighted by Crippen LogP contribution is -2.31. The van der Waals surface area contributed by atoms with E-state index in [1.807, 2.05) is 12.1 Å². The number of hydrogen-bond donors (Lipinski definition) is 1. The van der Waals surface area contributed by atoms with Crippen molar-refractivity contribution >= 4 is 5.82 Å². The minimum atomic E-state index is -0.531. The van der Waals surface area contributed by atoms with Gasteiger partial charge in [0.2, 0.25) is 0 Å². The van der Waals surface area contributed by atoms with E-state index in [4.69, 9.17) is 9.47 Å². The highest BCUT2D eigenvalue weighted by Crippen LogP contribution is 2.23. The van der Waals surface area contributed by atoms with Gasteiger partial charge in [-0.2, -0.15) is 0 Å². The second kappa shape index (κ2) is 8.85. The van der Waals surface area contributed by atoms with Crippen molar-refractivity contribution in [3.63, 3.8) is 0 Å². The number of nitrogens with zero attached hydrogens (tertiary/aromatic N) is 2. The molecule has 1 unspecified atom stereocenters. The van der Waals surface area contributed by atoms with Crippen LogP contribution in [0.15, 0.2) is 18.3 Å². The van der Waals surface area contributed by atoms with Crippen LogP contribution in [-0.4, -0.2) is 50.6 Å². The third-order valence-corrected chi connectivity index (χ3v) is 2.91. The fourth-order valence-corrected chi connectivity index (χ4v) is 1.92. The number of aliphatic hydroxyl groups is 1. The van der Waals surface area contributed by atoms with Crippen LogP contribution in [0.3, 0.4) is 0 Å². The molecule has 0 aliphatic carbocycles. The van der Waals surface area contributed by atoms with Gasteiger partial charge in [-0.25, -0.2) is 4.98 Å². The van der Waals surface area contributed by atoms with E-state index >= 15 is 0 Å². The van der Waals surface area contributed by atoms with Crippen LogP contribution in [0.5, 0.6) is 0 Å². The molecule has 19 heavy (non-hydrogen) atoms. The Balaban J connectivity index is 2.82. The molecule has 1 rings (SSSR count). The molecule has 0 bridgehead atoms. The highest BCUT2D eigenvalue weighted by molar-refractivity contribution is 5.47. The molecule has 0 aliphatic rings. The Morgan fingerprint density at radius 1 is 1.26 bits per heavy atom. The van der Waals surface area contributed by atoms with Crippen LogP contribution >= 0.6 is 0 Å². The maximum Gasteiger partial charge on any atom is 0.134 e. The molecule has 0 spiro atoms. The third-order valence-electron chi connectivity index (χ3n) is 2.91. The standard InChI is InChI=1S/C14H24N2O3/c1-12(17)13-6-4-7-15-14(13)16(9-11-19-3)8-5-10-18-2/h4,6-7,12,17H,5,8-11H2,1-3H3. The Morgan fingerprint density at radius 2 is 2.00 bits per heavy atom. The minimum Gasteiger partial charge on any atom is -0.389 e. The van der Waals surface area contributed by atoms with Gasteiger partial charge >= 0.3 is 0 Å². The van der Waals surface area contributed by atoms with Crippen molar-refractivity contribution in [2.24, 2.45) is 0 Å². The fourth-order valence-electron chi connectivity index (χ4n) is 1.92. The van der Waals surface area contributed by atoms with Crippen LogP contribution in [0.1, 0.15) is 25.0 Å². The molecule has 1 aromatic heterocycles. The first-order valence-electron chi connectivity index (χ1n) is 6.56. The number of ether oxygens (including phenoxy) is 2. The van der Waals surface area contributed by atoms with Crippen molar-refractivity contribution < 1.29 is 14.6 Å². The smallest absolute Gasteiger partial charge is 0.134 e. The van der Waals surface area contributed by atoms with Crippen LogP contribution in [0, 0.1) is 0 Å². The van der Waals surface area contributed by atoms with E-state index in [0.29, 0.717) is 13.2 Å². The summed E-state index contributed by atoms with van der Waals surface area (Å²) in [7, 11) is 3.38. The van der Waals surface area contributed by atoms with E-state index in [0.717, 1.165) is 30.9 Å². The summed E-state index contributed by atoms with van der Waals surface area (Å²) in [6, 6.07) is 3.75. The van der Waals surface area contributed by atoms with Crippen molar-refractivity contribution in [3.8, 4) is 0 Å². The van der Waals surface area contributed by atoms with Crippen molar-refractivity contribution in [2.75, 3.05) is 45.4 Å². The molecule has 1 N–H and O–H groups in total. The number of anilines is 1. The van der Waals surface area contributed by atoms with Crippen LogP contribution < -0.4 is 4.90 Å².